The number of aryl methyl sites for hydroxylation is 1. The molecule has 1 fully saturated rings. The van der Waals surface area contributed by atoms with Crippen LogP contribution in [0.1, 0.15) is 66.8 Å². The second-order valence-corrected chi connectivity index (χ2v) is 6.47. The maximum Gasteiger partial charge on any atom is 0.311 e. The predicted molar refractivity (Wildman–Crippen MR) is 78.6 cm³/mol. The molecule has 1 saturated carbocycles. The van der Waals surface area contributed by atoms with Gasteiger partial charge in [0, 0.05) is 18.5 Å². The number of fused-ring (bicyclic) bond motifs is 1. The monoisotopic (exact) mass is 306 g/mol. The summed E-state index contributed by atoms with van der Waals surface area (Å²) in [7, 11) is 0. The van der Waals surface area contributed by atoms with E-state index in [1.165, 1.54) is 0 Å². The minimum Gasteiger partial charge on any atom is -0.481 e. The first-order chi connectivity index (χ1) is 10.6. The summed E-state index contributed by atoms with van der Waals surface area (Å²) < 4.78 is 5.25. The molecule has 0 bridgehead atoms. The maximum absolute atomic E-state index is 12.4. The lowest BCUT2D eigenvalue weighted by molar-refractivity contribution is -0.150. The highest BCUT2D eigenvalue weighted by Crippen LogP contribution is 2.36. The number of carbonyl (C=O) groups is 2. The Hall–Kier alpha value is -1.85. The van der Waals surface area contributed by atoms with Crippen molar-refractivity contribution in [3.05, 3.63) is 17.0 Å². The number of carboxylic acid groups (broad SMARTS) is 1. The smallest absolute Gasteiger partial charge is 0.311 e. The summed E-state index contributed by atoms with van der Waals surface area (Å²) in [4.78, 5) is 24.0. The molecule has 3 rings (SSSR count). The zero-order valence-corrected chi connectivity index (χ0v) is 12.7. The molecule has 1 aromatic rings. The van der Waals surface area contributed by atoms with Crippen LogP contribution in [0, 0.1) is 5.41 Å². The summed E-state index contributed by atoms with van der Waals surface area (Å²) in [6.45, 7) is 0.169. The van der Waals surface area contributed by atoms with E-state index in [0.717, 1.165) is 56.3 Å². The maximum atomic E-state index is 12.4. The van der Waals surface area contributed by atoms with Gasteiger partial charge in [0.2, 0.25) is 0 Å². The summed E-state index contributed by atoms with van der Waals surface area (Å²) in [5.41, 5.74) is 0.417. The SMILES string of the molecule is O=C(NCC1(C(=O)O)CCCCC1)c1noc2c1CCCC2. The fourth-order valence-corrected chi connectivity index (χ4v) is 3.59. The molecule has 1 aromatic heterocycles. The second-order valence-electron chi connectivity index (χ2n) is 6.47. The Morgan fingerprint density at radius 3 is 2.59 bits per heavy atom. The molecule has 0 atom stereocenters. The van der Waals surface area contributed by atoms with Gasteiger partial charge in [0.1, 0.15) is 5.76 Å². The summed E-state index contributed by atoms with van der Waals surface area (Å²) in [6, 6.07) is 0. The van der Waals surface area contributed by atoms with Crippen LogP contribution < -0.4 is 5.32 Å². The van der Waals surface area contributed by atoms with E-state index in [4.69, 9.17) is 4.52 Å². The molecule has 0 spiro atoms. The van der Waals surface area contributed by atoms with Gasteiger partial charge >= 0.3 is 5.97 Å². The first kappa shape index (κ1) is 15.1. The number of nitrogens with one attached hydrogen (secondary N) is 1. The first-order valence-electron chi connectivity index (χ1n) is 8.11. The Balaban J connectivity index is 1.69. The third kappa shape index (κ3) is 2.74. The van der Waals surface area contributed by atoms with Crippen LogP contribution in [0.4, 0.5) is 0 Å². The fourth-order valence-electron chi connectivity index (χ4n) is 3.59. The van der Waals surface area contributed by atoms with Crippen LogP contribution in [-0.2, 0) is 17.6 Å². The highest BCUT2D eigenvalue weighted by molar-refractivity contribution is 5.94. The standard InChI is InChI=1S/C16H22N2O4/c19-14(13-11-6-2-3-7-12(11)22-18-13)17-10-16(15(20)21)8-4-1-5-9-16/h1-10H2,(H,17,19)(H,20,21). The number of rotatable bonds is 4. The second kappa shape index (κ2) is 6.10. The summed E-state index contributed by atoms with van der Waals surface area (Å²) in [5, 5.41) is 16.2. The van der Waals surface area contributed by atoms with Gasteiger partial charge in [-0.1, -0.05) is 24.4 Å². The number of aliphatic carboxylic acids is 1. The predicted octanol–water partition coefficient (Wildman–Crippen LogP) is 2.32. The van der Waals surface area contributed by atoms with Crippen molar-refractivity contribution in [1.29, 1.82) is 0 Å². The lowest BCUT2D eigenvalue weighted by Crippen LogP contribution is -2.44. The van der Waals surface area contributed by atoms with Gasteiger partial charge in [-0.3, -0.25) is 9.59 Å². The Labute approximate surface area is 129 Å². The van der Waals surface area contributed by atoms with Crippen LogP contribution in [-0.4, -0.2) is 28.7 Å². The summed E-state index contributed by atoms with van der Waals surface area (Å²) >= 11 is 0. The molecule has 0 saturated heterocycles. The molecule has 120 valence electrons. The van der Waals surface area contributed by atoms with Gasteiger partial charge in [-0.05, 0) is 32.1 Å². The average Bonchev–Trinajstić information content (AvgIpc) is 2.97. The quantitative estimate of drug-likeness (QED) is 0.890. The van der Waals surface area contributed by atoms with Gasteiger partial charge in [-0.25, -0.2) is 0 Å². The molecular weight excluding hydrogens is 284 g/mol. The topological polar surface area (TPSA) is 92.4 Å². The van der Waals surface area contributed by atoms with Crippen molar-refractivity contribution in [2.24, 2.45) is 5.41 Å². The van der Waals surface area contributed by atoms with E-state index in [9.17, 15) is 14.7 Å². The van der Waals surface area contributed by atoms with Gasteiger partial charge in [-0.15, -0.1) is 0 Å². The first-order valence-corrected chi connectivity index (χ1v) is 8.11. The van der Waals surface area contributed by atoms with Gasteiger partial charge in [0.15, 0.2) is 5.69 Å². The van der Waals surface area contributed by atoms with Gasteiger partial charge < -0.3 is 14.9 Å². The lowest BCUT2D eigenvalue weighted by Gasteiger charge is -2.33. The van der Waals surface area contributed by atoms with Gasteiger partial charge in [0.25, 0.3) is 5.91 Å². The van der Waals surface area contributed by atoms with Crippen molar-refractivity contribution in [2.45, 2.75) is 57.8 Å². The van der Waals surface area contributed by atoms with Crippen molar-refractivity contribution in [1.82, 2.24) is 10.5 Å². The molecule has 1 heterocycles. The molecule has 6 heteroatoms. The van der Waals surface area contributed by atoms with Crippen LogP contribution in [0.15, 0.2) is 4.52 Å². The number of carboxylic acids is 1. The van der Waals surface area contributed by atoms with Crippen LogP contribution in [0.25, 0.3) is 0 Å². The molecule has 0 radical (unpaired) electrons. The van der Waals surface area contributed by atoms with E-state index in [2.05, 4.69) is 10.5 Å². The largest absolute Gasteiger partial charge is 0.481 e. The molecule has 2 aliphatic rings. The van der Waals surface area contributed by atoms with E-state index in [-0.39, 0.29) is 12.5 Å². The number of aromatic nitrogens is 1. The molecule has 2 aliphatic carbocycles. The van der Waals surface area contributed by atoms with Crippen molar-refractivity contribution in [3.63, 3.8) is 0 Å². The van der Waals surface area contributed by atoms with Crippen LogP contribution in [0.5, 0.6) is 0 Å². The third-order valence-electron chi connectivity index (χ3n) is 5.02. The number of nitrogens with zero attached hydrogens (tertiary/aromatic N) is 1. The van der Waals surface area contributed by atoms with Crippen molar-refractivity contribution < 1.29 is 19.2 Å². The van der Waals surface area contributed by atoms with Crippen molar-refractivity contribution >= 4 is 11.9 Å². The summed E-state index contributed by atoms with van der Waals surface area (Å²) in [5.74, 6) is -0.310. The van der Waals surface area contributed by atoms with Crippen LogP contribution in [0.3, 0.4) is 0 Å². The van der Waals surface area contributed by atoms with E-state index in [1.54, 1.807) is 0 Å². The minimum absolute atomic E-state index is 0.169. The molecule has 2 N–H and O–H groups in total. The number of hydrogen-bond acceptors (Lipinski definition) is 4. The molecule has 22 heavy (non-hydrogen) atoms. The van der Waals surface area contributed by atoms with E-state index in [1.807, 2.05) is 0 Å². The molecule has 1 amide bonds. The molecule has 0 aromatic carbocycles. The van der Waals surface area contributed by atoms with Crippen molar-refractivity contribution in [2.75, 3.05) is 6.54 Å². The van der Waals surface area contributed by atoms with Gasteiger partial charge in [0.05, 0.1) is 5.41 Å². The Morgan fingerprint density at radius 2 is 1.86 bits per heavy atom. The Kier molecular flexibility index (Phi) is 4.18. The molecule has 0 aliphatic heterocycles. The van der Waals surface area contributed by atoms with Gasteiger partial charge in [-0.2, -0.15) is 0 Å². The fraction of sp³-hybridized carbons (Fsp3) is 0.688. The molecule has 0 unspecified atom stereocenters. The third-order valence-corrected chi connectivity index (χ3v) is 5.02. The van der Waals surface area contributed by atoms with E-state index in [0.29, 0.717) is 18.5 Å². The van der Waals surface area contributed by atoms with Crippen LogP contribution in [0.2, 0.25) is 0 Å². The Morgan fingerprint density at radius 1 is 1.14 bits per heavy atom. The van der Waals surface area contributed by atoms with Crippen LogP contribution >= 0.6 is 0 Å². The minimum atomic E-state index is -0.822. The number of carbonyl (C=O) groups excluding carboxylic acids is 1. The normalized spacial score (nSPS) is 20.2. The number of hydrogen-bond donors (Lipinski definition) is 2. The zero-order valence-electron chi connectivity index (χ0n) is 12.7. The highest BCUT2D eigenvalue weighted by atomic mass is 16.5. The number of amides is 1. The molecular formula is C16H22N2O4. The highest BCUT2D eigenvalue weighted by Gasteiger charge is 2.40. The molecule has 6 nitrogen and oxygen atoms in total. The summed E-state index contributed by atoms with van der Waals surface area (Å²) in [6.07, 6.45) is 7.86. The van der Waals surface area contributed by atoms with E-state index < -0.39 is 11.4 Å². The zero-order chi connectivity index (χ0) is 15.6. The lowest BCUT2D eigenvalue weighted by atomic mass is 9.74. The average molecular weight is 306 g/mol. The van der Waals surface area contributed by atoms with E-state index >= 15 is 0 Å². The Bertz CT molecular complexity index is 573. The van der Waals surface area contributed by atoms with Crippen molar-refractivity contribution in [3.8, 4) is 0 Å².